The Morgan fingerprint density at radius 3 is 1.96 bits per heavy atom. The van der Waals surface area contributed by atoms with Crippen molar-refractivity contribution in [3.05, 3.63) is 77.9 Å². The third-order valence-corrected chi connectivity index (χ3v) is 8.76. The van der Waals surface area contributed by atoms with Gasteiger partial charge >= 0.3 is 17.9 Å². The summed E-state index contributed by atoms with van der Waals surface area (Å²) in [6.07, 6.45) is 1.56. The molecule has 0 aliphatic carbocycles. The third kappa shape index (κ3) is 9.28. The second kappa shape index (κ2) is 15.5. The van der Waals surface area contributed by atoms with Gasteiger partial charge in [0.25, 0.3) is 0 Å². The minimum Gasteiger partial charge on any atom is -0.508 e. The first-order valence-electron chi connectivity index (χ1n) is 14.8. The van der Waals surface area contributed by atoms with E-state index < -0.39 is 36.4 Å². The summed E-state index contributed by atoms with van der Waals surface area (Å²) in [5.41, 5.74) is -0.711. The van der Waals surface area contributed by atoms with Crippen LogP contribution in [0.4, 0.5) is 0 Å². The van der Waals surface area contributed by atoms with Gasteiger partial charge in [-0.25, -0.2) is 4.79 Å². The van der Waals surface area contributed by atoms with Crippen LogP contribution in [0.1, 0.15) is 48.0 Å². The number of rotatable bonds is 12. The summed E-state index contributed by atoms with van der Waals surface area (Å²) in [5.74, 6) is -4.01. The van der Waals surface area contributed by atoms with Gasteiger partial charge in [-0.3, -0.25) is 19.3 Å². The van der Waals surface area contributed by atoms with Crippen LogP contribution in [0, 0.1) is 0 Å². The van der Waals surface area contributed by atoms with Crippen LogP contribution in [0.2, 0.25) is 0 Å². The van der Waals surface area contributed by atoms with Crippen molar-refractivity contribution >= 4 is 45.1 Å². The van der Waals surface area contributed by atoms with Gasteiger partial charge in [0, 0.05) is 32.6 Å². The largest absolute Gasteiger partial charge is 0.508 e. The van der Waals surface area contributed by atoms with E-state index in [1.165, 1.54) is 30.6 Å². The molecule has 1 fully saturated rings. The van der Waals surface area contributed by atoms with E-state index in [0.717, 1.165) is 45.9 Å². The molecule has 13 heteroatoms. The molecule has 0 spiro atoms. The molecule has 2 heterocycles. The highest BCUT2D eigenvalue weighted by Gasteiger charge is 2.40. The van der Waals surface area contributed by atoms with E-state index in [0.29, 0.717) is 17.7 Å². The fourth-order valence-corrected chi connectivity index (χ4v) is 6.40. The highest BCUT2D eigenvalue weighted by Crippen LogP contribution is 2.41. The number of ether oxygens (including phenoxy) is 1. The Morgan fingerprint density at radius 1 is 0.787 bits per heavy atom. The molecule has 12 nitrogen and oxygen atoms in total. The molecule has 0 unspecified atom stereocenters. The molecule has 0 amide bonds. The Bertz CT molecular complexity index is 1710. The normalized spacial score (nSPS) is 13.4. The first-order valence-corrected chi connectivity index (χ1v) is 15.6. The lowest BCUT2D eigenvalue weighted by Crippen LogP contribution is -2.42. The molecule has 248 valence electrons. The molecule has 1 saturated heterocycles. The first kappa shape index (κ1) is 34.9. The summed E-state index contributed by atoms with van der Waals surface area (Å²) in [4.78, 5) is 47.4. The zero-order valence-electron chi connectivity index (χ0n) is 25.3. The van der Waals surface area contributed by atoms with Gasteiger partial charge < -0.3 is 35.4 Å². The number of carboxylic acid groups (broad SMARTS) is 3. The molecule has 4 aromatic rings. The van der Waals surface area contributed by atoms with Crippen molar-refractivity contribution in [1.29, 1.82) is 0 Å². The number of aromatic hydroxyl groups is 2. The summed E-state index contributed by atoms with van der Waals surface area (Å²) >= 11 is 1.46. The summed E-state index contributed by atoms with van der Waals surface area (Å²) in [5, 5.41) is 54.3. The minimum atomic E-state index is -2.74. The van der Waals surface area contributed by atoms with E-state index in [9.17, 15) is 29.4 Å². The molecule has 1 aromatic heterocycles. The van der Waals surface area contributed by atoms with Crippen LogP contribution in [0.3, 0.4) is 0 Å². The number of carboxylic acids is 3. The van der Waals surface area contributed by atoms with Crippen molar-refractivity contribution in [1.82, 2.24) is 4.90 Å². The Morgan fingerprint density at radius 2 is 1.38 bits per heavy atom. The Kier molecular flexibility index (Phi) is 11.5. The van der Waals surface area contributed by atoms with Gasteiger partial charge in [-0.05, 0) is 98.2 Å². The van der Waals surface area contributed by atoms with Crippen molar-refractivity contribution in [2.75, 3.05) is 26.2 Å². The Labute approximate surface area is 273 Å². The number of ketones is 1. The number of likely N-dealkylation sites (tertiary alicyclic amines) is 1. The monoisotopic (exact) mass is 665 g/mol. The average Bonchev–Trinajstić information content (AvgIpc) is 3.40. The van der Waals surface area contributed by atoms with Gasteiger partial charge in [-0.1, -0.05) is 6.42 Å². The molecule has 1 aliphatic heterocycles. The molecule has 3 aromatic carbocycles. The zero-order chi connectivity index (χ0) is 34.1. The lowest BCUT2D eigenvalue weighted by molar-refractivity contribution is -0.170. The molecule has 0 bridgehead atoms. The van der Waals surface area contributed by atoms with Crippen LogP contribution in [0.15, 0.2) is 66.7 Å². The smallest absolute Gasteiger partial charge is 0.336 e. The molecular weight excluding hydrogens is 630 g/mol. The predicted molar refractivity (Wildman–Crippen MR) is 173 cm³/mol. The van der Waals surface area contributed by atoms with Crippen molar-refractivity contribution in [3.63, 3.8) is 0 Å². The van der Waals surface area contributed by atoms with Gasteiger partial charge in [0.1, 0.15) is 23.9 Å². The number of piperidine rings is 1. The van der Waals surface area contributed by atoms with Crippen molar-refractivity contribution in [3.8, 4) is 27.7 Å². The summed E-state index contributed by atoms with van der Waals surface area (Å²) in [7, 11) is 0. The number of phenolic OH excluding ortho intramolecular Hbond substituents is 2. The van der Waals surface area contributed by atoms with E-state index >= 15 is 0 Å². The van der Waals surface area contributed by atoms with E-state index in [4.69, 9.17) is 25.2 Å². The summed E-state index contributed by atoms with van der Waals surface area (Å²) in [6, 6.07) is 19.2. The summed E-state index contributed by atoms with van der Waals surface area (Å²) < 4.78 is 6.76. The molecular formula is C34H35NO11S. The van der Waals surface area contributed by atoms with E-state index in [1.54, 1.807) is 42.5 Å². The molecule has 0 atom stereocenters. The Hall–Kier alpha value is -4.98. The standard InChI is InChI=1S/C28H27NO4S.C6H8O7/c30-21-8-4-20(5-9-21)28-26(24-13-10-22(31)18-25(24)34-28)27(32)19-6-11-23(12-7-19)33-17-16-29-14-2-1-3-15-29;7-3(8)1-6(13,5(11)12)2-4(9)10/h4-13,18,30-31H,1-3,14-17H2;13H,1-2H2,(H,7,8)(H,9,10)(H,11,12). The fourth-order valence-electron chi connectivity index (χ4n) is 5.16. The SMILES string of the molecule is O=C(O)CC(O)(CC(=O)O)C(=O)O.O=C(c1ccc(OCCN2CCCCC2)cc1)c1c(-c2ccc(O)cc2)sc2cc(O)ccc12. The van der Waals surface area contributed by atoms with Crippen molar-refractivity contribution in [2.24, 2.45) is 0 Å². The number of aliphatic carboxylic acids is 3. The Balaban J connectivity index is 0.000000328. The molecule has 5 rings (SSSR count). The number of carbonyl (C=O) groups is 4. The predicted octanol–water partition coefficient (Wildman–Crippen LogP) is 4.83. The highest BCUT2D eigenvalue weighted by atomic mass is 32.1. The lowest BCUT2D eigenvalue weighted by Gasteiger charge is -2.26. The first-order chi connectivity index (χ1) is 22.4. The van der Waals surface area contributed by atoms with Crippen LogP contribution < -0.4 is 4.74 Å². The fraction of sp³-hybridized carbons (Fsp3) is 0.294. The average molecular weight is 666 g/mol. The van der Waals surface area contributed by atoms with Gasteiger partial charge in [0.2, 0.25) is 0 Å². The minimum absolute atomic E-state index is 0.0834. The second-order valence-corrected chi connectivity index (χ2v) is 12.2. The number of hydrogen-bond donors (Lipinski definition) is 6. The van der Waals surface area contributed by atoms with E-state index in [-0.39, 0.29) is 17.3 Å². The van der Waals surface area contributed by atoms with Crippen molar-refractivity contribution in [2.45, 2.75) is 37.7 Å². The van der Waals surface area contributed by atoms with Crippen LogP contribution in [0.5, 0.6) is 17.2 Å². The molecule has 6 N–H and O–H groups in total. The number of carbonyl (C=O) groups excluding carboxylic acids is 1. The number of benzene rings is 3. The number of phenols is 2. The maximum absolute atomic E-state index is 13.6. The van der Waals surface area contributed by atoms with Crippen LogP contribution in [0.25, 0.3) is 20.5 Å². The van der Waals surface area contributed by atoms with Crippen LogP contribution >= 0.6 is 11.3 Å². The molecule has 47 heavy (non-hydrogen) atoms. The number of hydrogen-bond acceptors (Lipinski definition) is 10. The van der Waals surface area contributed by atoms with Gasteiger partial charge in [0.05, 0.1) is 12.8 Å². The van der Waals surface area contributed by atoms with E-state index in [1.807, 2.05) is 24.3 Å². The second-order valence-electron chi connectivity index (χ2n) is 11.1. The van der Waals surface area contributed by atoms with E-state index in [2.05, 4.69) is 4.90 Å². The number of thiophene rings is 1. The molecule has 1 aliphatic rings. The third-order valence-electron chi connectivity index (χ3n) is 7.56. The van der Waals surface area contributed by atoms with Gasteiger partial charge in [-0.2, -0.15) is 0 Å². The molecule has 0 saturated carbocycles. The highest BCUT2D eigenvalue weighted by molar-refractivity contribution is 7.22. The zero-order valence-corrected chi connectivity index (χ0v) is 26.1. The maximum Gasteiger partial charge on any atom is 0.336 e. The van der Waals surface area contributed by atoms with Crippen LogP contribution in [-0.4, -0.2) is 91.1 Å². The lowest BCUT2D eigenvalue weighted by atomic mass is 9.96. The van der Waals surface area contributed by atoms with Gasteiger partial charge in [-0.15, -0.1) is 11.3 Å². The topological polar surface area (TPSA) is 202 Å². The van der Waals surface area contributed by atoms with Crippen molar-refractivity contribution < 1.29 is 54.6 Å². The quantitative estimate of drug-likeness (QED) is 0.113. The molecule has 0 radical (unpaired) electrons. The summed E-state index contributed by atoms with van der Waals surface area (Å²) in [6.45, 7) is 3.85. The maximum atomic E-state index is 13.6. The van der Waals surface area contributed by atoms with Crippen LogP contribution in [-0.2, 0) is 14.4 Å². The number of aliphatic hydroxyl groups is 1. The number of fused-ring (bicyclic) bond motifs is 1. The number of nitrogens with zero attached hydrogens (tertiary/aromatic N) is 1. The van der Waals surface area contributed by atoms with Gasteiger partial charge in [0.15, 0.2) is 11.4 Å².